The molecule has 4 nitrogen and oxygen atoms in total. The Morgan fingerprint density at radius 3 is 2.60 bits per heavy atom. The van der Waals surface area contributed by atoms with E-state index < -0.39 is 0 Å². The van der Waals surface area contributed by atoms with Gasteiger partial charge in [-0.2, -0.15) is 0 Å². The van der Waals surface area contributed by atoms with Crippen LogP contribution in [0.15, 0.2) is 113 Å². The molecule has 1 fully saturated rings. The number of nitrogens with zero attached hydrogens (tertiary/aromatic N) is 1. The molecular formula is C41H44F2N4. The van der Waals surface area contributed by atoms with Crippen molar-refractivity contribution in [3.05, 3.63) is 147 Å². The molecule has 47 heavy (non-hydrogen) atoms. The van der Waals surface area contributed by atoms with E-state index in [-0.39, 0.29) is 11.6 Å². The van der Waals surface area contributed by atoms with Gasteiger partial charge in [0.1, 0.15) is 11.6 Å². The van der Waals surface area contributed by atoms with E-state index >= 15 is 4.39 Å². The molecule has 0 atom stereocenters. The first-order valence-corrected chi connectivity index (χ1v) is 16.7. The molecule has 0 spiro atoms. The predicted molar refractivity (Wildman–Crippen MR) is 191 cm³/mol. The summed E-state index contributed by atoms with van der Waals surface area (Å²) < 4.78 is 30.0. The topological polar surface area (TPSA) is 62.4 Å². The molecule has 2 aliphatic carbocycles. The minimum atomic E-state index is -0.307. The molecule has 0 saturated heterocycles. The van der Waals surface area contributed by atoms with Crippen LogP contribution in [-0.4, -0.2) is 18.8 Å². The number of dihydropyridines is 1. The molecule has 6 heteroatoms. The van der Waals surface area contributed by atoms with Crippen molar-refractivity contribution in [2.45, 2.75) is 59.4 Å². The number of hydrogen-bond donors (Lipinski definition) is 3. The first kappa shape index (κ1) is 32.4. The van der Waals surface area contributed by atoms with Crippen molar-refractivity contribution >= 4 is 11.3 Å². The Morgan fingerprint density at radius 1 is 1.02 bits per heavy atom. The maximum Gasteiger partial charge on any atom is 0.131 e. The number of nitrogens with two attached hydrogens (primary N) is 1. The number of benzene rings is 3. The van der Waals surface area contributed by atoms with Gasteiger partial charge in [0, 0.05) is 47.6 Å². The van der Waals surface area contributed by atoms with Crippen LogP contribution in [0.2, 0.25) is 0 Å². The van der Waals surface area contributed by atoms with Crippen molar-refractivity contribution < 1.29 is 8.78 Å². The highest BCUT2D eigenvalue weighted by Crippen LogP contribution is 2.38. The fourth-order valence-electron chi connectivity index (χ4n) is 7.11. The van der Waals surface area contributed by atoms with Gasteiger partial charge < -0.3 is 16.4 Å². The van der Waals surface area contributed by atoms with Gasteiger partial charge in [0.2, 0.25) is 0 Å². The normalized spacial score (nSPS) is 17.2. The van der Waals surface area contributed by atoms with Gasteiger partial charge in [-0.05, 0) is 122 Å². The number of aryl methyl sites for hydroxylation is 2. The lowest BCUT2D eigenvalue weighted by Gasteiger charge is -2.27. The van der Waals surface area contributed by atoms with E-state index in [2.05, 4.69) is 36.3 Å². The summed E-state index contributed by atoms with van der Waals surface area (Å²) in [6, 6.07) is 16.4. The second kappa shape index (κ2) is 14.1. The third kappa shape index (κ3) is 7.23. The zero-order chi connectivity index (χ0) is 33.1. The van der Waals surface area contributed by atoms with E-state index in [1.165, 1.54) is 37.8 Å². The summed E-state index contributed by atoms with van der Waals surface area (Å²) in [5, 5.41) is 7.25. The highest BCUT2D eigenvalue weighted by molar-refractivity contribution is 6.14. The third-order valence-electron chi connectivity index (χ3n) is 9.30. The van der Waals surface area contributed by atoms with Crippen molar-refractivity contribution in [1.82, 2.24) is 10.6 Å². The molecule has 4 N–H and O–H groups in total. The van der Waals surface area contributed by atoms with Crippen LogP contribution in [0, 0.1) is 31.4 Å². The average molecular weight is 631 g/mol. The lowest BCUT2D eigenvalue weighted by Crippen LogP contribution is -2.27. The van der Waals surface area contributed by atoms with E-state index in [4.69, 9.17) is 10.7 Å². The molecule has 0 aromatic heterocycles. The van der Waals surface area contributed by atoms with Gasteiger partial charge in [-0.3, -0.25) is 4.99 Å². The number of halogens is 2. The minimum absolute atomic E-state index is 0.260. The zero-order valence-electron chi connectivity index (χ0n) is 27.7. The maximum atomic E-state index is 15.8. The van der Waals surface area contributed by atoms with E-state index in [1.54, 1.807) is 12.1 Å². The first-order valence-electron chi connectivity index (χ1n) is 16.7. The third-order valence-corrected chi connectivity index (χ3v) is 9.30. The number of hydrogen-bond acceptors (Lipinski definition) is 4. The molecule has 0 unspecified atom stereocenters. The van der Waals surface area contributed by atoms with Gasteiger partial charge in [0.15, 0.2) is 0 Å². The molecule has 1 saturated carbocycles. The molecular weight excluding hydrogens is 586 g/mol. The number of rotatable bonds is 9. The van der Waals surface area contributed by atoms with Gasteiger partial charge >= 0.3 is 0 Å². The summed E-state index contributed by atoms with van der Waals surface area (Å²) in [7, 11) is 0. The molecule has 0 radical (unpaired) electrons. The van der Waals surface area contributed by atoms with Crippen LogP contribution in [0.25, 0.3) is 16.7 Å². The Labute approximate surface area is 277 Å². The quantitative estimate of drug-likeness (QED) is 0.207. The molecule has 0 bridgehead atoms. The molecule has 6 rings (SSSR count). The first-order chi connectivity index (χ1) is 22.7. The van der Waals surface area contributed by atoms with Crippen LogP contribution in [0.3, 0.4) is 0 Å². The standard InChI is InChI=1S/C41H44F2N4/c1-5-46-41(39-18-27(4)40-34(30-11-8-12-32(42)20-30)14-13-33(44)21-38(40)47-39)35-22-36(37(43)17-26(35)3)31-16-25(2)15-29(19-31)24-45-23-28-9-6-7-10-28/h8,11-20,22,28,45,47H,4-7,9-10,21,23-24,44H2,1-3H3. The van der Waals surface area contributed by atoms with Gasteiger partial charge in [0.05, 0.1) is 11.4 Å². The summed E-state index contributed by atoms with van der Waals surface area (Å²) in [5.41, 5.74) is 18.0. The molecule has 242 valence electrons. The van der Waals surface area contributed by atoms with Crippen molar-refractivity contribution in [1.29, 1.82) is 0 Å². The second-order valence-corrected chi connectivity index (χ2v) is 13.0. The van der Waals surface area contributed by atoms with E-state index in [1.807, 2.05) is 50.3 Å². The van der Waals surface area contributed by atoms with E-state index in [0.717, 1.165) is 86.2 Å². The minimum Gasteiger partial charge on any atom is -0.402 e. The smallest absolute Gasteiger partial charge is 0.131 e. The Balaban J connectivity index is 1.33. The molecule has 3 aromatic carbocycles. The van der Waals surface area contributed by atoms with Crippen molar-refractivity contribution in [2.24, 2.45) is 16.6 Å². The molecule has 1 aliphatic heterocycles. The lowest BCUT2D eigenvalue weighted by atomic mass is 9.87. The fourth-order valence-corrected chi connectivity index (χ4v) is 7.11. The maximum absolute atomic E-state index is 15.8. The van der Waals surface area contributed by atoms with Gasteiger partial charge in [0.25, 0.3) is 0 Å². The summed E-state index contributed by atoms with van der Waals surface area (Å²) in [6.07, 6.45) is 11.5. The number of aliphatic imine (C=N–C) groups is 1. The highest BCUT2D eigenvalue weighted by atomic mass is 19.1. The van der Waals surface area contributed by atoms with E-state index in [0.29, 0.717) is 24.2 Å². The fraction of sp³-hybridized carbons (Fsp3) is 0.293. The van der Waals surface area contributed by atoms with Crippen LogP contribution < -0.4 is 16.4 Å². The second-order valence-electron chi connectivity index (χ2n) is 13.0. The average Bonchev–Trinajstić information content (AvgIpc) is 3.48. The predicted octanol–water partition coefficient (Wildman–Crippen LogP) is 8.96. The molecule has 3 aromatic rings. The van der Waals surface area contributed by atoms with Crippen LogP contribution in [0.1, 0.15) is 66.8 Å². The van der Waals surface area contributed by atoms with Gasteiger partial charge in [-0.25, -0.2) is 8.78 Å². The summed E-state index contributed by atoms with van der Waals surface area (Å²) in [6.45, 7) is 12.7. The van der Waals surface area contributed by atoms with Crippen molar-refractivity contribution in [3.63, 3.8) is 0 Å². The molecule has 0 amide bonds. The van der Waals surface area contributed by atoms with Crippen molar-refractivity contribution in [3.8, 4) is 11.1 Å². The van der Waals surface area contributed by atoms with E-state index in [9.17, 15) is 4.39 Å². The van der Waals surface area contributed by atoms with Crippen LogP contribution in [0.4, 0.5) is 8.78 Å². The van der Waals surface area contributed by atoms with Gasteiger partial charge in [-0.1, -0.05) is 55.3 Å². The summed E-state index contributed by atoms with van der Waals surface area (Å²) >= 11 is 0. The Kier molecular flexibility index (Phi) is 9.69. The zero-order valence-corrected chi connectivity index (χ0v) is 27.7. The Bertz CT molecular complexity index is 1870. The van der Waals surface area contributed by atoms with Gasteiger partial charge in [-0.15, -0.1) is 0 Å². The van der Waals surface area contributed by atoms with Crippen LogP contribution in [0.5, 0.6) is 0 Å². The van der Waals surface area contributed by atoms with Crippen LogP contribution >= 0.6 is 0 Å². The monoisotopic (exact) mass is 630 g/mol. The largest absolute Gasteiger partial charge is 0.402 e. The van der Waals surface area contributed by atoms with Crippen LogP contribution in [-0.2, 0) is 6.54 Å². The SMILES string of the molecule is C=C1C=C(C(=NCC)c2cc(-c3cc(C)cc(CNCC4CCCC4)c3)c(F)cc2C)NC2=C1C(c1cccc(F)c1)=CC=C(N)C2. The summed E-state index contributed by atoms with van der Waals surface area (Å²) in [4.78, 5) is 4.94. The highest BCUT2D eigenvalue weighted by Gasteiger charge is 2.26. The number of allylic oxidation sites excluding steroid dienone is 7. The molecule has 1 heterocycles. The lowest BCUT2D eigenvalue weighted by molar-refractivity contribution is 0.489. The summed E-state index contributed by atoms with van der Waals surface area (Å²) in [5.74, 6) is 0.190. The molecule has 3 aliphatic rings. The Morgan fingerprint density at radius 2 is 1.83 bits per heavy atom. The van der Waals surface area contributed by atoms with Crippen molar-refractivity contribution in [2.75, 3.05) is 13.1 Å². The Hall–Kier alpha value is -4.55. The number of nitrogens with one attached hydrogen (secondary N) is 2.